The molecule has 29 heavy (non-hydrogen) atoms. The van der Waals surface area contributed by atoms with E-state index in [-0.39, 0.29) is 10.6 Å². The molecule has 2 aromatic carbocycles. The van der Waals surface area contributed by atoms with Crippen LogP contribution in [-0.2, 0) is 9.53 Å². The molecule has 0 fully saturated rings. The zero-order chi connectivity index (χ0) is 21.4. The first-order valence-corrected chi connectivity index (χ1v) is 9.53. The number of methoxy groups -OCH3 is 1. The van der Waals surface area contributed by atoms with Gasteiger partial charge >= 0.3 is 5.97 Å². The number of carbonyl (C=O) groups excluding carboxylic acids is 2. The van der Waals surface area contributed by atoms with Gasteiger partial charge in [-0.05, 0) is 45.0 Å². The van der Waals surface area contributed by atoms with Crippen LogP contribution in [0.25, 0.3) is 0 Å². The number of nitrogens with one attached hydrogen (secondary N) is 1. The van der Waals surface area contributed by atoms with Gasteiger partial charge in [-0.25, -0.2) is 4.79 Å². The van der Waals surface area contributed by atoms with Crippen molar-refractivity contribution in [3.8, 4) is 17.2 Å². The van der Waals surface area contributed by atoms with Crippen LogP contribution in [0.3, 0.4) is 0 Å². The molecule has 0 radical (unpaired) electrons. The largest absolute Gasteiger partial charge is 0.493 e. The number of esters is 1. The van der Waals surface area contributed by atoms with Crippen LogP contribution in [0.4, 0.5) is 5.69 Å². The van der Waals surface area contributed by atoms with E-state index >= 15 is 0 Å². The van der Waals surface area contributed by atoms with E-state index in [2.05, 4.69) is 5.32 Å². The molecule has 0 bridgehead atoms. The summed E-state index contributed by atoms with van der Waals surface area (Å²) < 4.78 is 21.4. The fourth-order valence-electron chi connectivity index (χ4n) is 2.49. The topological polar surface area (TPSA) is 83.1 Å². The van der Waals surface area contributed by atoms with Crippen molar-refractivity contribution in [3.63, 3.8) is 0 Å². The lowest BCUT2D eigenvalue weighted by atomic mass is 10.2. The van der Waals surface area contributed by atoms with Gasteiger partial charge in [-0.2, -0.15) is 0 Å². The van der Waals surface area contributed by atoms with Gasteiger partial charge in [-0.3, -0.25) is 4.79 Å². The maximum absolute atomic E-state index is 12.5. The monoisotopic (exact) mass is 421 g/mol. The molecule has 1 atom stereocenters. The van der Waals surface area contributed by atoms with Gasteiger partial charge in [-0.1, -0.05) is 23.7 Å². The first-order chi connectivity index (χ1) is 13.9. The molecule has 2 aromatic rings. The van der Waals surface area contributed by atoms with Crippen LogP contribution in [-0.4, -0.2) is 38.3 Å². The van der Waals surface area contributed by atoms with Crippen molar-refractivity contribution in [3.05, 3.63) is 47.0 Å². The molecule has 1 N–H and O–H groups in total. The van der Waals surface area contributed by atoms with Gasteiger partial charge in [-0.15, -0.1) is 0 Å². The smallest absolute Gasteiger partial charge is 0.339 e. The molecule has 0 aromatic heterocycles. The Bertz CT molecular complexity index is 870. The first kappa shape index (κ1) is 22.4. The molecule has 8 heteroatoms. The molecule has 0 spiro atoms. The molecular formula is C21H24ClNO6. The number of carbonyl (C=O) groups is 2. The summed E-state index contributed by atoms with van der Waals surface area (Å²) in [6, 6.07) is 9.87. The number of rotatable bonds is 9. The Labute approximate surface area is 174 Å². The molecule has 7 nitrogen and oxygen atoms in total. The lowest BCUT2D eigenvalue weighted by Crippen LogP contribution is -2.30. The van der Waals surface area contributed by atoms with Crippen LogP contribution < -0.4 is 19.5 Å². The highest BCUT2D eigenvalue weighted by Gasteiger charge is 2.22. The van der Waals surface area contributed by atoms with Gasteiger partial charge in [0.05, 0.1) is 36.6 Å². The number of ether oxygens (including phenoxy) is 4. The highest BCUT2D eigenvalue weighted by molar-refractivity contribution is 6.32. The molecule has 0 aliphatic heterocycles. The molecule has 156 valence electrons. The van der Waals surface area contributed by atoms with Crippen LogP contribution >= 0.6 is 11.6 Å². The van der Waals surface area contributed by atoms with Gasteiger partial charge < -0.3 is 24.3 Å². The lowest BCUT2D eigenvalue weighted by Gasteiger charge is -2.16. The Balaban J connectivity index is 2.10. The molecule has 2 rings (SSSR count). The average Bonchev–Trinajstić information content (AvgIpc) is 2.70. The van der Waals surface area contributed by atoms with Crippen LogP contribution in [0.15, 0.2) is 36.4 Å². The number of anilines is 1. The molecule has 0 unspecified atom stereocenters. The summed E-state index contributed by atoms with van der Waals surface area (Å²) in [5.41, 5.74) is 0.637. The third-order valence-electron chi connectivity index (χ3n) is 3.85. The predicted octanol–water partition coefficient (Wildman–Crippen LogP) is 4.33. The van der Waals surface area contributed by atoms with Crippen molar-refractivity contribution in [1.82, 2.24) is 0 Å². The van der Waals surface area contributed by atoms with E-state index in [4.69, 9.17) is 30.5 Å². The molecular weight excluding hydrogens is 398 g/mol. The van der Waals surface area contributed by atoms with E-state index in [1.807, 2.05) is 13.8 Å². The Kier molecular flexibility index (Phi) is 8.15. The van der Waals surface area contributed by atoms with E-state index < -0.39 is 18.0 Å². The highest BCUT2D eigenvalue weighted by Crippen LogP contribution is 2.36. The summed E-state index contributed by atoms with van der Waals surface area (Å²) >= 11 is 6.18. The molecule has 0 saturated carbocycles. The van der Waals surface area contributed by atoms with E-state index in [1.54, 1.807) is 24.3 Å². The third kappa shape index (κ3) is 5.77. The molecule has 0 saturated heterocycles. The van der Waals surface area contributed by atoms with E-state index in [0.29, 0.717) is 36.1 Å². The maximum atomic E-state index is 12.5. The Morgan fingerprint density at radius 1 is 1.07 bits per heavy atom. The van der Waals surface area contributed by atoms with Crippen molar-refractivity contribution in [2.75, 3.05) is 25.6 Å². The van der Waals surface area contributed by atoms with Crippen LogP contribution in [0.2, 0.25) is 5.02 Å². The zero-order valence-corrected chi connectivity index (χ0v) is 17.5. The normalized spacial score (nSPS) is 11.3. The molecule has 0 aliphatic carbocycles. The second-order valence-electron chi connectivity index (χ2n) is 5.89. The minimum Gasteiger partial charge on any atom is -0.493 e. The number of hydrogen-bond acceptors (Lipinski definition) is 6. The van der Waals surface area contributed by atoms with Crippen molar-refractivity contribution in [2.45, 2.75) is 26.9 Å². The minimum absolute atomic E-state index is 0.143. The van der Waals surface area contributed by atoms with Crippen LogP contribution in [0.5, 0.6) is 17.2 Å². The Hall–Kier alpha value is -2.93. The fraction of sp³-hybridized carbons (Fsp3) is 0.333. The second-order valence-corrected chi connectivity index (χ2v) is 6.30. The van der Waals surface area contributed by atoms with Crippen molar-refractivity contribution in [2.24, 2.45) is 0 Å². The lowest BCUT2D eigenvalue weighted by molar-refractivity contribution is -0.123. The number of amides is 1. The van der Waals surface area contributed by atoms with E-state index in [1.165, 1.54) is 26.2 Å². The fourth-order valence-corrected chi connectivity index (χ4v) is 2.76. The van der Waals surface area contributed by atoms with E-state index in [0.717, 1.165) is 0 Å². The van der Waals surface area contributed by atoms with Crippen LogP contribution in [0, 0.1) is 0 Å². The van der Waals surface area contributed by atoms with Crippen molar-refractivity contribution in [1.29, 1.82) is 0 Å². The molecule has 0 heterocycles. The second kappa shape index (κ2) is 10.6. The summed E-state index contributed by atoms with van der Waals surface area (Å²) in [7, 11) is 1.44. The van der Waals surface area contributed by atoms with E-state index in [9.17, 15) is 9.59 Å². The quantitative estimate of drug-likeness (QED) is 0.607. The summed E-state index contributed by atoms with van der Waals surface area (Å²) in [6.07, 6.45) is -1.05. The Morgan fingerprint density at radius 2 is 1.76 bits per heavy atom. The van der Waals surface area contributed by atoms with Crippen molar-refractivity contribution < 1.29 is 28.5 Å². The summed E-state index contributed by atoms with van der Waals surface area (Å²) in [5.74, 6) is -0.0333. The number of benzene rings is 2. The molecule has 1 amide bonds. The average molecular weight is 422 g/mol. The summed E-state index contributed by atoms with van der Waals surface area (Å²) in [5, 5.41) is 2.91. The first-order valence-electron chi connectivity index (χ1n) is 9.15. The number of hydrogen-bond donors (Lipinski definition) is 1. The van der Waals surface area contributed by atoms with Gasteiger partial charge in [0.1, 0.15) is 5.75 Å². The van der Waals surface area contributed by atoms with Gasteiger partial charge in [0.15, 0.2) is 17.6 Å². The maximum Gasteiger partial charge on any atom is 0.339 e. The minimum atomic E-state index is -1.05. The van der Waals surface area contributed by atoms with Crippen molar-refractivity contribution >= 4 is 29.2 Å². The summed E-state index contributed by atoms with van der Waals surface area (Å²) in [6.45, 7) is 5.98. The molecule has 0 aliphatic rings. The Morgan fingerprint density at radius 3 is 2.41 bits per heavy atom. The van der Waals surface area contributed by atoms with Gasteiger partial charge in [0, 0.05) is 0 Å². The van der Waals surface area contributed by atoms with Gasteiger partial charge in [0.25, 0.3) is 5.91 Å². The standard InChI is InChI=1S/C21H24ClNO6/c1-5-27-17-10-8-7-9-16(17)23-20(24)13(3)29-21(25)14-11-15(22)19(28-6-2)18(12-14)26-4/h7-13H,5-6H2,1-4H3,(H,23,24)/t13-/m1/s1. The SMILES string of the molecule is CCOc1ccccc1NC(=O)[C@@H](C)OC(=O)c1cc(Cl)c(OCC)c(OC)c1. The summed E-state index contributed by atoms with van der Waals surface area (Å²) in [4.78, 5) is 24.9. The zero-order valence-electron chi connectivity index (χ0n) is 16.8. The number of halogens is 1. The predicted molar refractivity (Wildman–Crippen MR) is 110 cm³/mol. The van der Waals surface area contributed by atoms with Crippen LogP contribution in [0.1, 0.15) is 31.1 Å². The highest BCUT2D eigenvalue weighted by atomic mass is 35.5. The number of para-hydroxylation sites is 2. The third-order valence-corrected chi connectivity index (χ3v) is 4.13. The van der Waals surface area contributed by atoms with Gasteiger partial charge in [0.2, 0.25) is 0 Å².